The summed E-state index contributed by atoms with van der Waals surface area (Å²) in [5.41, 5.74) is 6.51. The maximum atomic E-state index is 13.8. The predicted molar refractivity (Wildman–Crippen MR) is 250 cm³/mol. The minimum absolute atomic E-state index is 0.0421. The lowest BCUT2D eigenvalue weighted by molar-refractivity contribution is -0.158. The van der Waals surface area contributed by atoms with Crippen LogP contribution in [0.25, 0.3) is 16.6 Å². The lowest BCUT2D eigenvalue weighted by atomic mass is 9.69. The van der Waals surface area contributed by atoms with Crippen LogP contribution in [-0.2, 0) is 27.0 Å². The molecule has 5 fully saturated rings. The van der Waals surface area contributed by atoms with Gasteiger partial charge in [0.2, 0.25) is 5.91 Å². The lowest BCUT2D eigenvalue weighted by Crippen LogP contribution is -2.60. The fraction of sp³-hybridized carbons (Fsp3) is 0.566. The second-order valence-electron chi connectivity index (χ2n) is 22.0. The van der Waals surface area contributed by atoms with Crippen LogP contribution in [0.3, 0.4) is 0 Å². The molecule has 2 saturated carbocycles. The molecule has 2 spiro atoms. The molecule has 4 aromatic rings. The first-order valence-electron chi connectivity index (χ1n) is 24.6. The Morgan fingerprint density at radius 1 is 0.862 bits per heavy atom. The number of ether oxygens (including phenoxy) is 1. The zero-order valence-electron chi connectivity index (χ0n) is 38.2. The van der Waals surface area contributed by atoms with E-state index in [0.29, 0.717) is 47.5 Å². The summed E-state index contributed by atoms with van der Waals surface area (Å²) in [5.74, 6) is 2.48. The molecule has 12 heteroatoms. The van der Waals surface area contributed by atoms with E-state index in [0.717, 1.165) is 93.3 Å². The average molecular weight is 898 g/mol. The summed E-state index contributed by atoms with van der Waals surface area (Å²) < 4.78 is 8.78. The van der Waals surface area contributed by atoms with Crippen molar-refractivity contribution >= 4 is 40.2 Å². The minimum Gasteiger partial charge on any atom is -0.492 e. The van der Waals surface area contributed by atoms with Crippen LogP contribution in [0.4, 0.5) is 0 Å². The smallest absolute Gasteiger partial charge is 0.282 e. The summed E-state index contributed by atoms with van der Waals surface area (Å²) in [5, 5.41) is 0.985. The van der Waals surface area contributed by atoms with Crippen molar-refractivity contribution in [2.75, 3.05) is 39.3 Å². The molecule has 0 radical (unpaired) electrons. The highest BCUT2D eigenvalue weighted by atomic mass is 35.5. The van der Waals surface area contributed by atoms with E-state index < -0.39 is 11.6 Å². The van der Waals surface area contributed by atoms with Crippen molar-refractivity contribution in [3.63, 3.8) is 0 Å². The van der Waals surface area contributed by atoms with Gasteiger partial charge < -0.3 is 19.4 Å². The van der Waals surface area contributed by atoms with Crippen LogP contribution >= 0.6 is 11.6 Å². The number of fused-ring (bicyclic) bond motifs is 11. The molecular formula is C53H61ClN6O5. The second kappa shape index (κ2) is 15.2. The standard InChI is InChI=1S/C53H61ClN6O5/c1-51(2,3)60-44(61)15-14-43(49(60)64)58-30-37-36(48(58)63)11-12-38-46(37)65-31-52(38)20-24-57(25-21-52)35-26-32(27-35)29-56-22-16-33(17-23-56)34-10-13-41-39(28-34)53(18-5-4-6-19-53)50-55-47(62)45-40(54)8-7-9-42(45)59(41)50/h7-13,28,32-33,35,43H,4-6,14-27,29-31H2,1-3H3/t32?,35?,43-/m0/s1. The average Bonchev–Trinajstić information content (AvgIpc) is 3.90. The van der Waals surface area contributed by atoms with Crippen molar-refractivity contribution in [1.82, 2.24) is 29.2 Å². The first kappa shape index (κ1) is 41.8. The van der Waals surface area contributed by atoms with Gasteiger partial charge in [-0.15, -0.1) is 0 Å². The molecule has 65 heavy (non-hydrogen) atoms. The van der Waals surface area contributed by atoms with E-state index in [1.807, 2.05) is 39.0 Å². The highest BCUT2D eigenvalue weighted by Crippen LogP contribution is 2.54. The third-order valence-corrected chi connectivity index (χ3v) is 17.7. The molecule has 12 rings (SSSR count). The summed E-state index contributed by atoms with van der Waals surface area (Å²) in [6, 6.07) is 17.0. The first-order chi connectivity index (χ1) is 31.3. The van der Waals surface area contributed by atoms with E-state index >= 15 is 0 Å². The van der Waals surface area contributed by atoms with Gasteiger partial charge in [-0.3, -0.25) is 28.6 Å². The summed E-state index contributed by atoms with van der Waals surface area (Å²) in [7, 11) is 0. The normalized spacial score (nSPS) is 26.4. The van der Waals surface area contributed by atoms with Gasteiger partial charge in [0, 0.05) is 46.7 Å². The number of rotatable bonds is 5. The minimum atomic E-state index is -0.639. The molecule has 2 aliphatic carbocycles. The van der Waals surface area contributed by atoms with Gasteiger partial charge in [0.25, 0.3) is 17.4 Å². The quantitative estimate of drug-likeness (QED) is 0.185. The van der Waals surface area contributed by atoms with E-state index in [1.54, 1.807) is 11.0 Å². The molecule has 1 atom stereocenters. The number of piperidine rings is 3. The number of amides is 3. The largest absolute Gasteiger partial charge is 0.492 e. The van der Waals surface area contributed by atoms with Crippen LogP contribution in [-0.4, -0.2) is 104 Å². The topological polar surface area (TPSA) is 108 Å². The van der Waals surface area contributed by atoms with Crippen LogP contribution in [0.2, 0.25) is 5.02 Å². The van der Waals surface area contributed by atoms with Crippen molar-refractivity contribution in [2.24, 2.45) is 5.92 Å². The van der Waals surface area contributed by atoms with Crippen LogP contribution in [0.5, 0.6) is 5.75 Å². The van der Waals surface area contributed by atoms with Crippen LogP contribution in [0.15, 0.2) is 53.3 Å². The monoisotopic (exact) mass is 896 g/mol. The van der Waals surface area contributed by atoms with E-state index in [2.05, 4.69) is 38.6 Å². The van der Waals surface area contributed by atoms with Gasteiger partial charge in [0.15, 0.2) is 0 Å². The fourth-order valence-corrected chi connectivity index (χ4v) is 14.2. The predicted octanol–water partition coefficient (Wildman–Crippen LogP) is 8.26. The highest BCUT2D eigenvalue weighted by Gasteiger charge is 2.51. The van der Waals surface area contributed by atoms with Gasteiger partial charge in [-0.25, -0.2) is 0 Å². The number of carbonyl (C=O) groups excluding carboxylic acids is 3. The fourth-order valence-electron chi connectivity index (χ4n) is 13.9. The van der Waals surface area contributed by atoms with Crippen LogP contribution < -0.4 is 10.3 Å². The SMILES string of the molecule is CC(C)(C)N1C(=O)CC[C@H](N2Cc3c(ccc4c3OCC43CCN(C4CC(CN5CCC(c6ccc7c(c6)C6(CCCCC6)c6nc(=O)c8c(Cl)cccc8n6-7)CC5)C4)CC3)C2=O)C1=O. The molecule has 0 bridgehead atoms. The van der Waals surface area contributed by atoms with Crippen molar-refractivity contribution in [1.29, 1.82) is 0 Å². The van der Waals surface area contributed by atoms with Crippen molar-refractivity contribution in [2.45, 2.75) is 145 Å². The number of benzene rings is 3. The van der Waals surface area contributed by atoms with E-state index in [1.165, 1.54) is 65.9 Å². The second-order valence-corrected chi connectivity index (χ2v) is 22.4. The maximum Gasteiger partial charge on any atom is 0.282 e. The Morgan fingerprint density at radius 2 is 1.63 bits per heavy atom. The van der Waals surface area contributed by atoms with Crippen molar-refractivity contribution in [3.05, 3.63) is 97.5 Å². The maximum absolute atomic E-state index is 13.8. The van der Waals surface area contributed by atoms with Gasteiger partial charge >= 0.3 is 0 Å². The number of aromatic nitrogens is 2. The summed E-state index contributed by atoms with van der Waals surface area (Å²) in [6.07, 6.45) is 13.2. The van der Waals surface area contributed by atoms with Gasteiger partial charge in [-0.05, 0) is 152 Å². The molecule has 3 aromatic carbocycles. The van der Waals surface area contributed by atoms with Crippen molar-refractivity contribution < 1.29 is 19.1 Å². The van der Waals surface area contributed by atoms with E-state index in [-0.39, 0.29) is 40.5 Å². The Hall–Kier alpha value is -4.58. The molecule has 3 amide bonds. The number of hydrogen-bond donors (Lipinski definition) is 0. The van der Waals surface area contributed by atoms with Gasteiger partial charge in [-0.1, -0.05) is 55.1 Å². The Bertz CT molecular complexity index is 2710. The molecule has 11 nitrogen and oxygen atoms in total. The van der Waals surface area contributed by atoms with Gasteiger partial charge in [-0.2, -0.15) is 4.98 Å². The molecule has 7 heterocycles. The van der Waals surface area contributed by atoms with E-state index in [9.17, 15) is 19.2 Å². The molecule has 8 aliphatic rings. The molecule has 3 saturated heterocycles. The summed E-state index contributed by atoms with van der Waals surface area (Å²) in [4.78, 5) is 66.9. The number of imide groups is 1. The van der Waals surface area contributed by atoms with Crippen LogP contribution in [0.1, 0.15) is 149 Å². The zero-order valence-corrected chi connectivity index (χ0v) is 38.9. The number of hydrogen-bond acceptors (Lipinski definition) is 8. The first-order valence-corrected chi connectivity index (χ1v) is 25.0. The number of carbonyl (C=O) groups is 3. The molecule has 0 N–H and O–H groups in total. The molecule has 0 unspecified atom stereocenters. The van der Waals surface area contributed by atoms with Gasteiger partial charge in [0.1, 0.15) is 17.6 Å². The third kappa shape index (κ3) is 6.44. The molecule has 340 valence electrons. The Labute approximate surface area is 386 Å². The van der Waals surface area contributed by atoms with Gasteiger partial charge in [0.05, 0.1) is 40.2 Å². The summed E-state index contributed by atoms with van der Waals surface area (Å²) >= 11 is 6.60. The van der Waals surface area contributed by atoms with Crippen molar-refractivity contribution in [3.8, 4) is 11.4 Å². The Balaban J connectivity index is 0.657. The van der Waals surface area contributed by atoms with E-state index in [4.69, 9.17) is 21.3 Å². The van der Waals surface area contributed by atoms with Crippen LogP contribution in [0, 0.1) is 5.92 Å². The lowest BCUT2D eigenvalue weighted by Gasteiger charge is -2.49. The summed E-state index contributed by atoms with van der Waals surface area (Å²) in [6.45, 7) is 12.2. The molecular weight excluding hydrogens is 836 g/mol. The Kier molecular flexibility index (Phi) is 9.79. The molecule has 1 aromatic heterocycles. The third-order valence-electron chi connectivity index (χ3n) is 17.4. The number of halogens is 1. The number of likely N-dealkylation sites (tertiary alicyclic amines) is 3. The zero-order chi connectivity index (χ0) is 44.6. The highest BCUT2D eigenvalue weighted by molar-refractivity contribution is 6.35. The Morgan fingerprint density at radius 3 is 2.38 bits per heavy atom. The number of nitrogens with zero attached hydrogens (tertiary/aromatic N) is 6. The molecule has 6 aliphatic heterocycles.